The minimum atomic E-state index is -4.14. The molecule has 1 fully saturated rings. The van der Waals surface area contributed by atoms with Crippen LogP contribution in [-0.2, 0) is 14.8 Å². The zero-order chi connectivity index (χ0) is 16.7. The van der Waals surface area contributed by atoms with Gasteiger partial charge in [-0.15, -0.1) is 0 Å². The summed E-state index contributed by atoms with van der Waals surface area (Å²) in [6.07, 6.45) is -0.893. The molecule has 0 amide bonds. The van der Waals surface area contributed by atoms with Gasteiger partial charge in [0, 0.05) is 18.0 Å². The number of carboxylic acids is 1. The minimum Gasteiger partial charge on any atom is -0.480 e. The average molecular weight is 336 g/mol. The minimum absolute atomic E-state index is 0.0602. The first-order valence-electron chi connectivity index (χ1n) is 6.51. The van der Waals surface area contributed by atoms with Gasteiger partial charge in [-0.3, -0.25) is 4.79 Å². The molecule has 2 rings (SSSR count). The Hall–Kier alpha value is -1.35. The van der Waals surface area contributed by atoms with Crippen LogP contribution in [-0.4, -0.2) is 49.0 Å². The van der Waals surface area contributed by atoms with Crippen molar-refractivity contribution in [2.45, 2.75) is 30.4 Å². The number of aliphatic hydroxyl groups is 1. The fourth-order valence-electron chi connectivity index (χ4n) is 2.28. The number of halogens is 1. The topological polar surface area (TPSA) is 121 Å². The van der Waals surface area contributed by atoms with E-state index in [1.807, 2.05) is 0 Å². The molecule has 1 aliphatic heterocycles. The Morgan fingerprint density at radius 3 is 2.81 bits per heavy atom. The van der Waals surface area contributed by atoms with Crippen LogP contribution in [0.25, 0.3) is 0 Å². The standard InChI is InChI=1S/C12H15ClN2O5S/c1-6-2-11(9(14)4-8(6)13)21(19,20)15-5-7(16)3-10(15)12(17)18/h2,4,7,10,16H,3,5,14H2,1H3,(H,17,18)/t7-,10-/m0/s1/i16D. The van der Waals surface area contributed by atoms with E-state index in [0.717, 1.165) is 4.31 Å². The quantitative estimate of drug-likeness (QED) is 0.686. The Labute approximate surface area is 128 Å². The van der Waals surface area contributed by atoms with Crippen molar-refractivity contribution in [2.24, 2.45) is 0 Å². The lowest BCUT2D eigenvalue weighted by Gasteiger charge is -2.22. The zero-order valence-electron chi connectivity index (χ0n) is 12.1. The van der Waals surface area contributed by atoms with Gasteiger partial charge in [-0.25, -0.2) is 8.42 Å². The molecule has 4 N–H and O–H groups in total. The molecule has 1 saturated heterocycles. The van der Waals surface area contributed by atoms with Crippen molar-refractivity contribution in [1.82, 2.24) is 4.31 Å². The van der Waals surface area contributed by atoms with Crippen LogP contribution in [0.1, 0.15) is 12.0 Å². The van der Waals surface area contributed by atoms with E-state index in [1.165, 1.54) is 12.1 Å². The number of anilines is 1. The van der Waals surface area contributed by atoms with Crippen LogP contribution in [0.2, 0.25) is 5.02 Å². The third kappa shape index (κ3) is 2.84. The van der Waals surface area contributed by atoms with Gasteiger partial charge in [-0.2, -0.15) is 4.31 Å². The highest BCUT2D eigenvalue weighted by molar-refractivity contribution is 7.89. The molecule has 1 heterocycles. The van der Waals surface area contributed by atoms with Crippen molar-refractivity contribution < 1.29 is 23.4 Å². The maximum atomic E-state index is 12.7. The van der Waals surface area contributed by atoms with Gasteiger partial charge in [0.15, 0.2) is 0 Å². The van der Waals surface area contributed by atoms with E-state index in [0.29, 0.717) is 10.6 Å². The molecular formula is C12H15ClN2O5S. The number of benzene rings is 1. The number of nitrogens with two attached hydrogens (primary N) is 1. The third-order valence-electron chi connectivity index (χ3n) is 3.38. The highest BCUT2D eigenvalue weighted by Crippen LogP contribution is 2.32. The number of β-amino-alcohol motifs (C(OH)–C–C–N with tert-alkyl or cyclic N) is 1. The Bertz CT molecular complexity index is 712. The van der Waals surface area contributed by atoms with E-state index in [4.69, 9.17) is 18.8 Å². The second-order valence-corrected chi connectivity index (χ2v) is 7.19. The lowest BCUT2D eigenvalue weighted by atomic mass is 10.2. The molecule has 0 aliphatic carbocycles. The maximum absolute atomic E-state index is 12.7. The van der Waals surface area contributed by atoms with Crippen LogP contribution in [0, 0.1) is 6.92 Å². The predicted octanol–water partition coefficient (Wildman–Crippen LogP) is 0.439. The van der Waals surface area contributed by atoms with Crippen molar-refractivity contribution in [2.75, 3.05) is 12.3 Å². The third-order valence-corrected chi connectivity index (χ3v) is 5.72. The van der Waals surface area contributed by atoms with Gasteiger partial charge in [-0.1, -0.05) is 11.6 Å². The van der Waals surface area contributed by atoms with Crippen LogP contribution >= 0.6 is 11.6 Å². The maximum Gasteiger partial charge on any atom is 0.322 e. The number of nitrogen functional groups attached to an aromatic ring is 1. The van der Waals surface area contributed by atoms with Crippen molar-refractivity contribution in [3.05, 3.63) is 22.7 Å². The van der Waals surface area contributed by atoms with E-state index in [-0.39, 0.29) is 23.5 Å². The summed E-state index contributed by atoms with van der Waals surface area (Å²) in [5.74, 6) is -1.30. The Morgan fingerprint density at radius 1 is 1.57 bits per heavy atom. The summed E-state index contributed by atoms with van der Waals surface area (Å²) in [7, 11) is -4.14. The smallest absolute Gasteiger partial charge is 0.322 e. The first-order valence-corrected chi connectivity index (χ1v) is 7.92. The van der Waals surface area contributed by atoms with Gasteiger partial charge in [-0.05, 0) is 24.6 Å². The molecule has 2 atom stereocenters. The SMILES string of the molecule is [2H]O[C@H]1C[C@@H](C(=O)O)N(S(=O)(=O)c2cc(C)c(Cl)cc2N)C1. The van der Waals surface area contributed by atoms with E-state index in [1.54, 1.807) is 6.92 Å². The average Bonchev–Trinajstić information content (AvgIpc) is 2.88. The molecule has 1 aromatic rings. The van der Waals surface area contributed by atoms with Crippen molar-refractivity contribution in [3.8, 4) is 0 Å². The molecule has 1 aliphatic rings. The lowest BCUT2D eigenvalue weighted by Crippen LogP contribution is -2.40. The molecule has 0 bridgehead atoms. The van der Waals surface area contributed by atoms with Gasteiger partial charge < -0.3 is 15.9 Å². The van der Waals surface area contributed by atoms with Crippen LogP contribution in [0.5, 0.6) is 0 Å². The van der Waals surface area contributed by atoms with Crippen LogP contribution < -0.4 is 5.73 Å². The van der Waals surface area contributed by atoms with Crippen LogP contribution in [0.15, 0.2) is 17.0 Å². The number of nitrogens with zero attached hydrogens (tertiary/aromatic N) is 1. The second-order valence-electron chi connectivity index (χ2n) is 4.93. The van der Waals surface area contributed by atoms with Gasteiger partial charge in [0.1, 0.15) is 10.9 Å². The van der Waals surface area contributed by atoms with Gasteiger partial charge in [0.2, 0.25) is 11.5 Å². The Morgan fingerprint density at radius 2 is 2.24 bits per heavy atom. The molecule has 0 radical (unpaired) electrons. The molecule has 116 valence electrons. The number of aliphatic hydroxyl groups excluding tert-OH is 1. The van der Waals surface area contributed by atoms with Crippen molar-refractivity contribution in [1.29, 1.82) is 1.43 Å². The summed E-state index contributed by atoms with van der Waals surface area (Å²) in [6.45, 7) is 1.40. The molecule has 0 spiro atoms. The first kappa shape index (κ1) is 14.6. The van der Waals surface area contributed by atoms with Crippen LogP contribution in [0.3, 0.4) is 0 Å². The predicted molar refractivity (Wildman–Crippen MR) is 76.5 cm³/mol. The monoisotopic (exact) mass is 335 g/mol. The number of carboxylic acid groups (broad SMARTS) is 1. The van der Waals surface area contributed by atoms with Crippen LogP contribution in [0.4, 0.5) is 5.69 Å². The summed E-state index contributed by atoms with van der Waals surface area (Å²) < 4.78 is 33.1. The van der Waals surface area contributed by atoms with Gasteiger partial charge >= 0.3 is 5.97 Å². The van der Waals surface area contributed by atoms with Crippen molar-refractivity contribution >= 4 is 33.3 Å². The number of aryl methyl sites for hydroxylation is 1. The molecule has 9 heteroatoms. The zero-order valence-corrected chi connectivity index (χ0v) is 12.7. The molecule has 0 aromatic heterocycles. The molecule has 0 saturated carbocycles. The fourth-order valence-corrected chi connectivity index (χ4v) is 4.26. The van der Waals surface area contributed by atoms with E-state index >= 15 is 0 Å². The molecular weight excluding hydrogens is 320 g/mol. The second kappa shape index (κ2) is 5.45. The molecule has 21 heavy (non-hydrogen) atoms. The summed E-state index contributed by atoms with van der Waals surface area (Å²) >= 11 is 5.89. The number of carbonyl (C=O) groups is 1. The summed E-state index contributed by atoms with van der Waals surface area (Å²) in [5, 5.41) is 13.9. The number of rotatable bonds is 4. The van der Waals surface area contributed by atoms with E-state index < -0.39 is 28.1 Å². The lowest BCUT2D eigenvalue weighted by molar-refractivity contribution is -0.140. The summed E-state index contributed by atoms with van der Waals surface area (Å²) in [5.41, 5.74) is 6.17. The normalized spacial score (nSPS) is 24.0. The molecule has 1 aromatic carbocycles. The Kier molecular flexibility index (Phi) is 3.78. The number of sulfonamides is 1. The molecule has 0 unspecified atom stereocenters. The van der Waals surface area contributed by atoms with Gasteiger partial charge in [0.25, 0.3) is 0 Å². The number of hydrogen-bond donors (Lipinski definition) is 3. The van der Waals surface area contributed by atoms with Crippen molar-refractivity contribution in [3.63, 3.8) is 0 Å². The first-order chi connectivity index (χ1) is 10.2. The van der Waals surface area contributed by atoms with E-state index in [2.05, 4.69) is 5.11 Å². The largest absolute Gasteiger partial charge is 0.480 e. The summed E-state index contributed by atoms with van der Waals surface area (Å²) in [4.78, 5) is 11.1. The van der Waals surface area contributed by atoms with E-state index in [9.17, 15) is 18.3 Å². The highest BCUT2D eigenvalue weighted by atomic mass is 35.5. The number of aliphatic carboxylic acids is 1. The summed E-state index contributed by atoms with van der Waals surface area (Å²) in [6, 6.07) is 1.32. The Balaban J connectivity index is 2.50. The molecule has 7 nitrogen and oxygen atoms in total. The van der Waals surface area contributed by atoms with Gasteiger partial charge in [0.05, 0.1) is 11.8 Å². The number of hydrogen-bond acceptors (Lipinski definition) is 5. The highest BCUT2D eigenvalue weighted by Gasteiger charge is 2.44. The fraction of sp³-hybridized carbons (Fsp3) is 0.417.